The Balaban J connectivity index is 2.50. The smallest absolute Gasteiger partial charge is 0.289 e. The van der Waals surface area contributed by atoms with Crippen LogP contribution in [0.2, 0.25) is 5.02 Å². The van der Waals surface area contributed by atoms with Gasteiger partial charge in [-0.1, -0.05) is 17.7 Å². The summed E-state index contributed by atoms with van der Waals surface area (Å²) in [5.41, 5.74) is -1.10. The molecule has 1 atom stereocenters. The quantitative estimate of drug-likeness (QED) is 0.620. The van der Waals surface area contributed by atoms with E-state index in [2.05, 4.69) is 4.72 Å². The first-order valence-electron chi connectivity index (χ1n) is 5.72. The summed E-state index contributed by atoms with van der Waals surface area (Å²) in [6.45, 7) is 0. The van der Waals surface area contributed by atoms with E-state index in [1.54, 1.807) is 0 Å². The minimum atomic E-state index is -4.61. The molecule has 0 fully saturated rings. The van der Waals surface area contributed by atoms with Crippen molar-refractivity contribution in [1.29, 1.82) is 0 Å². The van der Waals surface area contributed by atoms with Crippen LogP contribution in [0.3, 0.4) is 0 Å². The number of anilines is 1. The molecule has 0 aliphatic heterocycles. The second kappa shape index (κ2) is 6.23. The van der Waals surface area contributed by atoms with Gasteiger partial charge in [0.15, 0.2) is 0 Å². The average molecular weight is 354 g/mol. The van der Waals surface area contributed by atoms with Crippen LogP contribution in [0.15, 0.2) is 36.4 Å². The van der Waals surface area contributed by atoms with Crippen LogP contribution in [0, 0.1) is 5.82 Å². The van der Waals surface area contributed by atoms with Crippen molar-refractivity contribution in [3.8, 4) is 11.1 Å². The lowest BCUT2D eigenvalue weighted by atomic mass is 10.0. The van der Waals surface area contributed by atoms with Gasteiger partial charge >= 0.3 is 6.18 Å². The molecule has 0 amide bonds. The van der Waals surface area contributed by atoms with Crippen LogP contribution >= 0.6 is 11.6 Å². The number of alkyl halides is 3. The Bertz CT molecular complexity index is 736. The van der Waals surface area contributed by atoms with E-state index in [1.807, 2.05) is 0 Å². The van der Waals surface area contributed by atoms with E-state index in [1.165, 1.54) is 18.2 Å². The molecule has 2 N–H and O–H groups in total. The zero-order valence-corrected chi connectivity index (χ0v) is 12.2. The van der Waals surface area contributed by atoms with Crippen molar-refractivity contribution in [2.75, 3.05) is 4.72 Å². The third-order valence-corrected chi connectivity index (χ3v) is 3.48. The minimum absolute atomic E-state index is 0.0412. The third kappa shape index (κ3) is 3.76. The van der Waals surface area contributed by atoms with Crippen molar-refractivity contribution >= 4 is 28.6 Å². The van der Waals surface area contributed by atoms with Crippen molar-refractivity contribution in [1.82, 2.24) is 0 Å². The Morgan fingerprint density at radius 1 is 1.09 bits per heavy atom. The molecular formula is C13H8ClF4NO2S. The Labute approximate surface area is 130 Å². The first-order chi connectivity index (χ1) is 10.2. The van der Waals surface area contributed by atoms with E-state index in [0.717, 1.165) is 0 Å². The molecule has 0 aromatic heterocycles. The number of hydrogen-bond acceptors (Lipinski definition) is 1. The number of benzene rings is 2. The SMILES string of the molecule is O=S(O)Nc1ccc(-c2cc(C(F)(F)F)ccc2F)c(Cl)c1. The van der Waals surface area contributed by atoms with Crippen LogP contribution in [-0.2, 0) is 17.4 Å². The Hall–Kier alpha value is -1.64. The molecule has 22 heavy (non-hydrogen) atoms. The summed E-state index contributed by atoms with van der Waals surface area (Å²) in [6, 6.07) is 5.78. The molecule has 2 aromatic rings. The fourth-order valence-electron chi connectivity index (χ4n) is 1.81. The Morgan fingerprint density at radius 3 is 2.32 bits per heavy atom. The summed E-state index contributed by atoms with van der Waals surface area (Å²) in [4.78, 5) is 0. The van der Waals surface area contributed by atoms with Crippen LogP contribution in [0.5, 0.6) is 0 Å². The second-order valence-corrected chi connectivity index (χ2v) is 5.35. The summed E-state index contributed by atoms with van der Waals surface area (Å²) in [7, 11) is 0. The lowest BCUT2D eigenvalue weighted by Gasteiger charge is -2.12. The molecule has 0 bridgehead atoms. The lowest BCUT2D eigenvalue weighted by Crippen LogP contribution is -2.05. The molecule has 0 aliphatic rings. The molecule has 0 radical (unpaired) electrons. The molecule has 0 heterocycles. The molecule has 3 nitrogen and oxygen atoms in total. The first kappa shape index (κ1) is 16.7. The Kier molecular flexibility index (Phi) is 4.74. The summed E-state index contributed by atoms with van der Waals surface area (Å²) in [5.74, 6) is -0.860. The van der Waals surface area contributed by atoms with Gasteiger partial charge in [-0.15, -0.1) is 0 Å². The van der Waals surface area contributed by atoms with E-state index < -0.39 is 28.8 Å². The maximum Gasteiger partial charge on any atom is 0.416 e. The van der Waals surface area contributed by atoms with Gasteiger partial charge < -0.3 is 0 Å². The lowest BCUT2D eigenvalue weighted by molar-refractivity contribution is -0.137. The maximum absolute atomic E-state index is 13.8. The predicted octanol–water partition coefficient (Wildman–Crippen LogP) is 4.71. The van der Waals surface area contributed by atoms with Crippen LogP contribution in [0.25, 0.3) is 11.1 Å². The molecule has 9 heteroatoms. The number of hydrogen-bond donors (Lipinski definition) is 2. The van der Waals surface area contributed by atoms with Gasteiger partial charge in [0.2, 0.25) is 0 Å². The molecule has 2 rings (SSSR count). The summed E-state index contributed by atoms with van der Waals surface area (Å²) in [5, 5.41) is -0.0614. The summed E-state index contributed by atoms with van der Waals surface area (Å²) >= 11 is 3.59. The van der Waals surface area contributed by atoms with Crippen molar-refractivity contribution in [3.63, 3.8) is 0 Å². The standard InChI is InChI=1S/C13H8ClF4NO2S/c14-11-6-8(19-22(20)21)2-3-9(11)10-5-7(13(16,17)18)1-4-12(10)15/h1-6,19H,(H,20,21). The van der Waals surface area contributed by atoms with E-state index in [0.29, 0.717) is 18.2 Å². The molecule has 0 spiro atoms. The van der Waals surface area contributed by atoms with Gasteiger partial charge in [-0.3, -0.25) is 9.27 Å². The third-order valence-electron chi connectivity index (χ3n) is 2.76. The molecular weight excluding hydrogens is 346 g/mol. The van der Waals surface area contributed by atoms with E-state index >= 15 is 0 Å². The summed E-state index contributed by atoms with van der Waals surface area (Å²) < 4.78 is 73.3. The zero-order chi connectivity index (χ0) is 16.5. The molecule has 1 unspecified atom stereocenters. The Morgan fingerprint density at radius 2 is 1.77 bits per heavy atom. The molecule has 0 aliphatic carbocycles. The molecule has 2 aromatic carbocycles. The van der Waals surface area contributed by atoms with Gasteiger partial charge in [0, 0.05) is 16.8 Å². The van der Waals surface area contributed by atoms with E-state index in [9.17, 15) is 21.8 Å². The molecule has 0 saturated heterocycles. The van der Waals surface area contributed by atoms with Gasteiger partial charge in [0.25, 0.3) is 11.3 Å². The van der Waals surface area contributed by atoms with E-state index in [4.69, 9.17) is 16.2 Å². The fraction of sp³-hybridized carbons (Fsp3) is 0.0769. The van der Waals surface area contributed by atoms with Crippen molar-refractivity contribution < 1.29 is 26.3 Å². The number of halogens is 5. The maximum atomic E-state index is 13.8. The highest BCUT2D eigenvalue weighted by molar-refractivity contribution is 7.80. The fourth-order valence-corrected chi connectivity index (χ4v) is 2.42. The predicted molar refractivity (Wildman–Crippen MR) is 76.2 cm³/mol. The highest BCUT2D eigenvalue weighted by Crippen LogP contribution is 2.36. The van der Waals surface area contributed by atoms with Gasteiger partial charge in [0.05, 0.1) is 10.6 Å². The van der Waals surface area contributed by atoms with Crippen molar-refractivity contribution in [3.05, 3.63) is 52.8 Å². The molecule has 0 saturated carbocycles. The molecule has 118 valence electrons. The average Bonchev–Trinajstić information content (AvgIpc) is 2.38. The van der Waals surface area contributed by atoms with Crippen LogP contribution in [0.1, 0.15) is 5.56 Å². The highest BCUT2D eigenvalue weighted by Gasteiger charge is 2.31. The van der Waals surface area contributed by atoms with Crippen LogP contribution < -0.4 is 4.72 Å². The second-order valence-electron chi connectivity index (χ2n) is 4.24. The minimum Gasteiger partial charge on any atom is -0.289 e. The van der Waals surface area contributed by atoms with Crippen molar-refractivity contribution in [2.24, 2.45) is 0 Å². The van der Waals surface area contributed by atoms with Crippen LogP contribution in [0.4, 0.5) is 23.2 Å². The largest absolute Gasteiger partial charge is 0.416 e. The number of nitrogens with one attached hydrogen (secondary N) is 1. The topological polar surface area (TPSA) is 49.3 Å². The summed E-state index contributed by atoms with van der Waals surface area (Å²) in [6.07, 6.45) is -4.61. The zero-order valence-electron chi connectivity index (χ0n) is 10.6. The van der Waals surface area contributed by atoms with Gasteiger partial charge in [-0.25, -0.2) is 8.60 Å². The normalized spacial score (nSPS) is 13.0. The monoisotopic (exact) mass is 353 g/mol. The van der Waals surface area contributed by atoms with Crippen molar-refractivity contribution in [2.45, 2.75) is 6.18 Å². The first-order valence-corrected chi connectivity index (χ1v) is 7.21. The highest BCUT2D eigenvalue weighted by atomic mass is 35.5. The van der Waals surface area contributed by atoms with Gasteiger partial charge in [-0.05, 0) is 30.3 Å². The van der Waals surface area contributed by atoms with Gasteiger partial charge in [-0.2, -0.15) is 13.2 Å². The van der Waals surface area contributed by atoms with E-state index in [-0.39, 0.29) is 21.8 Å². The van der Waals surface area contributed by atoms with Crippen LogP contribution in [-0.4, -0.2) is 8.76 Å². The number of rotatable bonds is 3. The van der Waals surface area contributed by atoms with Gasteiger partial charge in [0.1, 0.15) is 5.82 Å².